The average molecular weight is 420 g/mol. The second kappa shape index (κ2) is 7.89. The van der Waals surface area contributed by atoms with Gasteiger partial charge in [0.2, 0.25) is 0 Å². The van der Waals surface area contributed by atoms with Gasteiger partial charge in [0.05, 0.1) is 28.9 Å². The van der Waals surface area contributed by atoms with Crippen LogP contribution in [0.1, 0.15) is 25.7 Å². The van der Waals surface area contributed by atoms with Crippen molar-refractivity contribution in [2.75, 3.05) is 12.5 Å². The first-order valence-electron chi connectivity index (χ1n) is 9.04. The lowest BCUT2D eigenvalue weighted by atomic mass is 10.2. The molecule has 1 aliphatic carbocycles. The maximum atomic E-state index is 12.8. The highest BCUT2D eigenvalue weighted by Crippen LogP contribution is 2.38. The molecule has 1 aromatic carbocycles. The number of nitrogens with one attached hydrogen (secondary N) is 1. The Morgan fingerprint density at radius 3 is 2.46 bits per heavy atom. The summed E-state index contributed by atoms with van der Waals surface area (Å²) in [5.41, 5.74) is 3.72. The smallest absolute Gasteiger partial charge is 0.269 e. The predicted molar refractivity (Wildman–Crippen MR) is 111 cm³/mol. The van der Waals surface area contributed by atoms with Crippen molar-refractivity contribution in [2.24, 2.45) is 0 Å². The third-order valence-electron chi connectivity index (χ3n) is 4.86. The van der Waals surface area contributed by atoms with Gasteiger partial charge in [-0.2, -0.15) is 0 Å². The molecule has 1 saturated carbocycles. The van der Waals surface area contributed by atoms with E-state index in [-0.39, 0.29) is 11.7 Å². The molecule has 3 aromatic rings. The summed E-state index contributed by atoms with van der Waals surface area (Å²) in [4.78, 5) is 16.7. The van der Waals surface area contributed by atoms with Crippen LogP contribution < -0.4 is 20.5 Å². The van der Waals surface area contributed by atoms with Gasteiger partial charge >= 0.3 is 0 Å². The summed E-state index contributed by atoms with van der Waals surface area (Å²) in [5, 5.41) is 1.43. The molecule has 0 spiro atoms. The van der Waals surface area contributed by atoms with Gasteiger partial charge in [0, 0.05) is 23.8 Å². The molecular weight excluding hydrogens is 401 g/mol. The number of nitrogens with zero attached hydrogens (tertiary/aromatic N) is 2. The van der Waals surface area contributed by atoms with Crippen molar-refractivity contribution in [3.05, 3.63) is 57.1 Å². The largest absolute Gasteiger partial charge is 0.493 e. The summed E-state index contributed by atoms with van der Waals surface area (Å²) in [7, 11) is 1.58. The van der Waals surface area contributed by atoms with E-state index < -0.39 is 0 Å². The second-order valence-electron chi connectivity index (χ2n) is 6.66. The molecule has 0 radical (unpaired) electrons. The van der Waals surface area contributed by atoms with Gasteiger partial charge in [-0.3, -0.25) is 15.2 Å². The molecule has 1 aliphatic rings. The molecular formula is C20H19Cl2N3O3. The maximum Gasteiger partial charge on any atom is 0.269 e. The normalized spacial score (nSPS) is 14.4. The van der Waals surface area contributed by atoms with Crippen LogP contribution in [0.5, 0.6) is 11.5 Å². The zero-order valence-electron chi connectivity index (χ0n) is 15.2. The summed E-state index contributed by atoms with van der Waals surface area (Å²) >= 11 is 12.5. The van der Waals surface area contributed by atoms with Crippen molar-refractivity contribution in [1.29, 1.82) is 0 Å². The fourth-order valence-corrected chi connectivity index (χ4v) is 3.92. The highest BCUT2D eigenvalue weighted by Gasteiger charge is 2.22. The number of ether oxygens (including phenoxy) is 2. The molecule has 0 atom stereocenters. The second-order valence-corrected chi connectivity index (χ2v) is 7.47. The fraction of sp³-hybridized carbons (Fsp3) is 0.300. The van der Waals surface area contributed by atoms with Crippen molar-refractivity contribution in [3.63, 3.8) is 0 Å². The first kappa shape index (κ1) is 18.9. The molecule has 146 valence electrons. The minimum Gasteiger partial charge on any atom is -0.493 e. The molecule has 2 heterocycles. The monoisotopic (exact) mass is 419 g/mol. The summed E-state index contributed by atoms with van der Waals surface area (Å²) in [6, 6.07) is 6.95. The van der Waals surface area contributed by atoms with Crippen molar-refractivity contribution >= 4 is 39.8 Å². The number of hydrogen-bond acceptors (Lipinski definition) is 5. The van der Waals surface area contributed by atoms with Gasteiger partial charge in [0.15, 0.2) is 11.5 Å². The molecule has 1 fully saturated rings. The van der Waals surface area contributed by atoms with Gasteiger partial charge in [-0.05, 0) is 43.9 Å². The van der Waals surface area contributed by atoms with Gasteiger partial charge in [-0.15, -0.1) is 0 Å². The topological polar surface area (TPSA) is 65.4 Å². The zero-order valence-corrected chi connectivity index (χ0v) is 16.8. The van der Waals surface area contributed by atoms with E-state index in [1.807, 2.05) is 12.1 Å². The Labute approximate surface area is 172 Å². The highest BCUT2D eigenvalue weighted by atomic mass is 35.5. The molecule has 4 rings (SSSR count). The van der Waals surface area contributed by atoms with Crippen LogP contribution in [0.4, 0.5) is 5.69 Å². The van der Waals surface area contributed by atoms with Crippen LogP contribution in [-0.2, 0) is 0 Å². The summed E-state index contributed by atoms with van der Waals surface area (Å²) < 4.78 is 13.2. The molecule has 1 N–H and O–H groups in total. The molecule has 28 heavy (non-hydrogen) atoms. The summed E-state index contributed by atoms with van der Waals surface area (Å²) in [6.07, 6.45) is 7.23. The molecule has 0 saturated heterocycles. The van der Waals surface area contributed by atoms with Crippen LogP contribution in [0.3, 0.4) is 0 Å². The summed E-state index contributed by atoms with van der Waals surface area (Å²) in [6.45, 7) is 0. The van der Waals surface area contributed by atoms with Crippen molar-refractivity contribution < 1.29 is 9.47 Å². The van der Waals surface area contributed by atoms with Gasteiger partial charge in [0.25, 0.3) is 5.56 Å². The Hall–Kier alpha value is -2.44. The van der Waals surface area contributed by atoms with Gasteiger partial charge in [0.1, 0.15) is 5.52 Å². The van der Waals surface area contributed by atoms with Crippen molar-refractivity contribution in [2.45, 2.75) is 31.8 Å². The van der Waals surface area contributed by atoms with Gasteiger partial charge in [-0.25, -0.2) is 4.68 Å². The highest BCUT2D eigenvalue weighted by molar-refractivity contribution is 6.38. The first-order chi connectivity index (χ1) is 13.6. The number of anilines is 1. The van der Waals surface area contributed by atoms with Crippen molar-refractivity contribution in [1.82, 2.24) is 9.66 Å². The number of hydrogen-bond donors (Lipinski definition) is 1. The maximum absolute atomic E-state index is 12.8. The molecule has 0 amide bonds. The average Bonchev–Trinajstić information content (AvgIpc) is 3.19. The summed E-state index contributed by atoms with van der Waals surface area (Å²) in [5.74, 6) is 1.09. The van der Waals surface area contributed by atoms with E-state index in [4.69, 9.17) is 32.7 Å². The molecule has 2 aromatic heterocycles. The Kier molecular flexibility index (Phi) is 5.33. The van der Waals surface area contributed by atoms with E-state index in [1.54, 1.807) is 13.2 Å². The third kappa shape index (κ3) is 3.50. The van der Waals surface area contributed by atoms with E-state index in [0.717, 1.165) is 31.1 Å². The Balaban J connectivity index is 1.92. The Morgan fingerprint density at radius 1 is 1.11 bits per heavy atom. The number of benzene rings is 1. The minimum atomic E-state index is -0.277. The number of pyridine rings is 2. The Bertz CT molecular complexity index is 1060. The minimum absolute atomic E-state index is 0.0939. The molecule has 0 unspecified atom stereocenters. The van der Waals surface area contributed by atoms with Crippen LogP contribution in [0.2, 0.25) is 10.0 Å². The quantitative estimate of drug-likeness (QED) is 0.636. The van der Waals surface area contributed by atoms with E-state index in [1.165, 1.54) is 23.1 Å². The predicted octanol–water partition coefficient (Wildman–Crippen LogP) is 4.91. The number of rotatable bonds is 5. The molecule has 6 nitrogen and oxygen atoms in total. The molecule has 0 bridgehead atoms. The number of methoxy groups -OCH3 is 1. The van der Waals surface area contributed by atoms with Crippen LogP contribution in [0.15, 0.2) is 41.5 Å². The molecule has 8 heteroatoms. The zero-order chi connectivity index (χ0) is 19.7. The lowest BCUT2D eigenvalue weighted by molar-refractivity contribution is 0.203. The SMILES string of the molecule is COc1ccc2ccc(=O)n(Nc3c(Cl)cncc3Cl)c2c1OC1CCCC1. The van der Waals surface area contributed by atoms with Crippen LogP contribution >= 0.6 is 23.2 Å². The number of halogens is 2. The standard InChI is InChI=1S/C20H19Cl2N3O3/c1-27-16-8-6-12-7-9-17(26)25(24-18-14(21)10-23-11-15(18)22)19(12)20(16)28-13-4-2-3-5-13/h6-11,13H,2-5H2,1H3,(H,23,24). The lowest BCUT2D eigenvalue weighted by Crippen LogP contribution is -2.27. The van der Waals surface area contributed by atoms with Gasteiger partial charge in [-0.1, -0.05) is 23.2 Å². The van der Waals surface area contributed by atoms with E-state index >= 15 is 0 Å². The first-order valence-corrected chi connectivity index (χ1v) is 9.79. The Morgan fingerprint density at radius 2 is 1.79 bits per heavy atom. The van der Waals surface area contributed by atoms with E-state index in [9.17, 15) is 4.79 Å². The molecule has 0 aliphatic heterocycles. The van der Waals surface area contributed by atoms with E-state index in [0.29, 0.717) is 32.7 Å². The van der Waals surface area contributed by atoms with Crippen LogP contribution in [0, 0.1) is 0 Å². The lowest BCUT2D eigenvalue weighted by Gasteiger charge is -2.21. The van der Waals surface area contributed by atoms with Crippen molar-refractivity contribution in [3.8, 4) is 11.5 Å². The van der Waals surface area contributed by atoms with Crippen LogP contribution in [0.25, 0.3) is 10.9 Å². The fourth-order valence-electron chi connectivity index (χ4n) is 3.47. The van der Waals surface area contributed by atoms with Crippen LogP contribution in [-0.4, -0.2) is 22.9 Å². The third-order valence-corrected chi connectivity index (χ3v) is 5.43. The number of fused-ring (bicyclic) bond motifs is 1. The van der Waals surface area contributed by atoms with Gasteiger partial charge < -0.3 is 9.47 Å². The number of aromatic nitrogens is 2. The van der Waals surface area contributed by atoms with E-state index in [2.05, 4.69) is 10.4 Å².